The lowest BCUT2D eigenvalue weighted by Gasteiger charge is -2.12. The Hall–Kier alpha value is -0.940. The highest BCUT2D eigenvalue weighted by molar-refractivity contribution is 5.10. The molecule has 15 heavy (non-hydrogen) atoms. The number of methoxy groups -OCH3 is 1. The Balaban J connectivity index is 2.89. The summed E-state index contributed by atoms with van der Waals surface area (Å²) >= 11 is 0. The molecule has 0 aliphatic carbocycles. The van der Waals surface area contributed by atoms with Gasteiger partial charge in [-0.05, 0) is 13.3 Å². The van der Waals surface area contributed by atoms with Gasteiger partial charge in [0.15, 0.2) is 0 Å². The van der Waals surface area contributed by atoms with Crippen LogP contribution in [0.5, 0.6) is 0 Å². The van der Waals surface area contributed by atoms with Gasteiger partial charge in [-0.1, -0.05) is 12.1 Å². The first-order valence-corrected chi connectivity index (χ1v) is 5.27. The zero-order chi connectivity index (χ0) is 11.3. The Morgan fingerprint density at radius 1 is 1.53 bits per heavy atom. The minimum absolute atomic E-state index is 0.0600. The second kappa shape index (κ2) is 5.82. The largest absolute Gasteiger partial charge is 0.390 e. The summed E-state index contributed by atoms with van der Waals surface area (Å²) in [5.41, 5.74) is 1.64. The van der Waals surface area contributed by atoms with Crippen molar-refractivity contribution in [2.75, 3.05) is 13.7 Å². The maximum absolute atomic E-state index is 9.13. The molecule has 1 rings (SSSR count). The molecular weight excluding hydrogens is 194 g/mol. The van der Waals surface area contributed by atoms with Gasteiger partial charge < -0.3 is 9.84 Å². The first-order valence-electron chi connectivity index (χ1n) is 5.27. The summed E-state index contributed by atoms with van der Waals surface area (Å²) in [6, 6.07) is 0.310. The minimum atomic E-state index is -0.0600. The van der Waals surface area contributed by atoms with Crippen molar-refractivity contribution in [3.05, 3.63) is 11.4 Å². The smallest absolute Gasteiger partial charge is 0.111 e. The molecule has 0 aliphatic heterocycles. The number of rotatable bonds is 6. The van der Waals surface area contributed by atoms with Crippen LogP contribution in [0.2, 0.25) is 0 Å². The molecular formula is C10H19N3O2. The van der Waals surface area contributed by atoms with Crippen LogP contribution in [0.1, 0.15) is 37.7 Å². The molecule has 1 unspecified atom stereocenters. The maximum atomic E-state index is 9.13. The van der Waals surface area contributed by atoms with E-state index in [1.807, 2.05) is 4.68 Å². The van der Waals surface area contributed by atoms with Gasteiger partial charge >= 0.3 is 0 Å². The lowest BCUT2D eigenvalue weighted by atomic mass is 10.2. The van der Waals surface area contributed by atoms with Gasteiger partial charge in [-0.3, -0.25) is 0 Å². The van der Waals surface area contributed by atoms with Gasteiger partial charge in [0.05, 0.1) is 24.9 Å². The maximum Gasteiger partial charge on any atom is 0.111 e. The molecule has 0 saturated carbocycles. The fourth-order valence-corrected chi connectivity index (χ4v) is 1.45. The molecule has 0 aromatic carbocycles. The van der Waals surface area contributed by atoms with Crippen LogP contribution in [-0.2, 0) is 17.8 Å². The molecule has 1 heterocycles. The Morgan fingerprint density at radius 3 is 2.80 bits per heavy atom. The second-order valence-electron chi connectivity index (χ2n) is 3.59. The third-order valence-corrected chi connectivity index (χ3v) is 2.57. The molecule has 86 valence electrons. The summed E-state index contributed by atoms with van der Waals surface area (Å²) in [5, 5.41) is 17.2. The van der Waals surface area contributed by atoms with Gasteiger partial charge in [0.25, 0.3) is 0 Å². The first kappa shape index (κ1) is 12.1. The summed E-state index contributed by atoms with van der Waals surface area (Å²) < 4.78 is 6.91. The van der Waals surface area contributed by atoms with E-state index < -0.39 is 0 Å². The van der Waals surface area contributed by atoms with Crippen molar-refractivity contribution in [3.63, 3.8) is 0 Å². The van der Waals surface area contributed by atoms with E-state index in [0.717, 1.165) is 18.5 Å². The molecule has 0 amide bonds. The van der Waals surface area contributed by atoms with Crippen LogP contribution in [0.15, 0.2) is 0 Å². The number of hydrogen-bond donors (Lipinski definition) is 1. The third-order valence-electron chi connectivity index (χ3n) is 2.57. The molecule has 0 bridgehead atoms. The number of aliphatic hydroxyl groups excluding tert-OH is 1. The predicted molar refractivity (Wildman–Crippen MR) is 56.5 cm³/mol. The van der Waals surface area contributed by atoms with Crippen molar-refractivity contribution >= 4 is 0 Å². The van der Waals surface area contributed by atoms with Crippen LogP contribution < -0.4 is 0 Å². The van der Waals surface area contributed by atoms with E-state index in [4.69, 9.17) is 9.84 Å². The zero-order valence-corrected chi connectivity index (χ0v) is 9.60. The summed E-state index contributed by atoms with van der Waals surface area (Å²) in [5.74, 6) is 0. The average molecular weight is 213 g/mol. The Kier molecular flexibility index (Phi) is 4.71. The molecule has 0 spiro atoms. The van der Waals surface area contributed by atoms with Crippen LogP contribution in [-0.4, -0.2) is 33.8 Å². The quantitative estimate of drug-likeness (QED) is 0.763. The lowest BCUT2D eigenvalue weighted by molar-refractivity contribution is 0.198. The fourth-order valence-electron chi connectivity index (χ4n) is 1.45. The molecule has 5 heteroatoms. The molecule has 0 fully saturated rings. The van der Waals surface area contributed by atoms with E-state index in [1.54, 1.807) is 7.11 Å². The number of aliphatic hydroxyl groups is 1. The highest BCUT2D eigenvalue weighted by Gasteiger charge is 2.14. The highest BCUT2D eigenvalue weighted by Crippen LogP contribution is 2.15. The summed E-state index contributed by atoms with van der Waals surface area (Å²) in [6.45, 7) is 4.75. The normalized spacial score (nSPS) is 13.1. The van der Waals surface area contributed by atoms with Gasteiger partial charge in [-0.15, -0.1) is 5.10 Å². The van der Waals surface area contributed by atoms with Crippen LogP contribution in [0.25, 0.3) is 0 Å². The first-order chi connectivity index (χ1) is 7.24. The SMILES string of the molecule is CCC(C)n1nnc(CO)c1CCOC. The van der Waals surface area contributed by atoms with Gasteiger partial charge in [0.1, 0.15) is 5.69 Å². The molecule has 1 atom stereocenters. The van der Waals surface area contributed by atoms with Crippen molar-refractivity contribution in [3.8, 4) is 0 Å². The standard InChI is InChI=1S/C10H19N3O2/c1-4-8(2)13-10(5-6-15-3)9(7-14)11-12-13/h8,14H,4-7H2,1-3H3. The van der Waals surface area contributed by atoms with E-state index in [9.17, 15) is 0 Å². The predicted octanol–water partition coefficient (Wildman–Crippen LogP) is 0.930. The molecule has 1 aromatic rings. The van der Waals surface area contributed by atoms with Crippen LogP contribution in [0, 0.1) is 0 Å². The van der Waals surface area contributed by atoms with E-state index in [1.165, 1.54) is 0 Å². The number of nitrogens with zero attached hydrogens (tertiary/aromatic N) is 3. The molecule has 0 aliphatic rings. The summed E-state index contributed by atoms with van der Waals surface area (Å²) in [6.07, 6.45) is 1.73. The van der Waals surface area contributed by atoms with Gasteiger partial charge in [0.2, 0.25) is 0 Å². The molecule has 0 saturated heterocycles. The number of ether oxygens (including phenoxy) is 1. The van der Waals surface area contributed by atoms with Crippen LogP contribution in [0.4, 0.5) is 0 Å². The second-order valence-corrected chi connectivity index (χ2v) is 3.59. The zero-order valence-electron chi connectivity index (χ0n) is 9.60. The number of hydrogen-bond acceptors (Lipinski definition) is 4. The van der Waals surface area contributed by atoms with E-state index in [-0.39, 0.29) is 6.61 Å². The molecule has 5 nitrogen and oxygen atoms in total. The van der Waals surface area contributed by atoms with Crippen LogP contribution in [0.3, 0.4) is 0 Å². The highest BCUT2D eigenvalue weighted by atomic mass is 16.5. The van der Waals surface area contributed by atoms with Crippen molar-refractivity contribution in [1.29, 1.82) is 0 Å². The van der Waals surface area contributed by atoms with Crippen molar-refractivity contribution in [1.82, 2.24) is 15.0 Å². The van der Waals surface area contributed by atoms with Crippen LogP contribution >= 0.6 is 0 Å². The minimum Gasteiger partial charge on any atom is -0.390 e. The van der Waals surface area contributed by atoms with E-state index in [2.05, 4.69) is 24.2 Å². The molecule has 1 aromatic heterocycles. The van der Waals surface area contributed by atoms with Crippen molar-refractivity contribution < 1.29 is 9.84 Å². The Labute approximate surface area is 90.1 Å². The Bertz CT molecular complexity index is 299. The molecule has 1 N–H and O–H groups in total. The topological polar surface area (TPSA) is 60.2 Å². The van der Waals surface area contributed by atoms with E-state index in [0.29, 0.717) is 18.3 Å². The third kappa shape index (κ3) is 2.76. The monoisotopic (exact) mass is 213 g/mol. The lowest BCUT2D eigenvalue weighted by Crippen LogP contribution is -2.12. The van der Waals surface area contributed by atoms with Crippen molar-refractivity contribution in [2.24, 2.45) is 0 Å². The molecule has 0 radical (unpaired) electrons. The van der Waals surface area contributed by atoms with Gasteiger partial charge in [-0.2, -0.15) is 0 Å². The Morgan fingerprint density at radius 2 is 2.27 bits per heavy atom. The van der Waals surface area contributed by atoms with Gasteiger partial charge in [0, 0.05) is 13.5 Å². The fraction of sp³-hybridized carbons (Fsp3) is 0.800. The average Bonchev–Trinajstić information content (AvgIpc) is 2.67. The summed E-state index contributed by atoms with van der Waals surface area (Å²) in [4.78, 5) is 0. The van der Waals surface area contributed by atoms with Crippen molar-refractivity contribution in [2.45, 2.75) is 39.3 Å². The number of aromatic nitrogens is 3. The summed E-state index contributed by atoms with van der Waals surface area (Å²) in [7, 11) is 1.66. The van der Waals surface area contributed by atoms with Gasteiger partial charge in [-0.25, -0.2) is 4.68 Å². The van der Waals surface area contributed by atoms with E-state index >= 15 is 0 Å².